The Morgan fingerprint density at radius 3 is 2.15 bits per heavy atom. The normalized spacial score (nSPS) is 12.7. The van der Waals surface area contributed by atoms with Crippen LogP contribution in [0.1, 0.15) is 44.7 Å². The topological polar surface area (TPSA) is 96.0 Å². The van der Waals surface area contributed by atoms with Crippen LogP contribution >= 0.6 is 11.6 Å². The second-order valence-electron chi connectivity index (χ2n) is 9.89. The zero-order valence-electron chi connectivity index (χ0n) is 24.1. The Hall–Kier alpha value is -3.56. The van der Waals surface area contributed by atoms with Crippen LogP contribution < -0.4 is 14.4 Å². The first-order valence-corrected chi connectivity index (χ1v) is 15.4. The van der Waals surface area contributed by atoms with Crippen molar-refractivity contribution in [2.24, 2.45) is 0 Å². The number of para-hydroxylation sites is 1. The van der Waals surface area contributed by atoms with Crippen molar-refractivity contribution in [1.82, 2.24) is 10.2 Å². The van der Waals surface area contributed by atoms with Gasteiger partial charge in [0.1, 0.15) is 18.3 Å². The molecule has 0 bridgehead atoms. The highest BCUT2D eigenvalue weighted by molar-refractivity contribution is 7.92. The lowest BCUT2D eigenvalue weighted by atomic mass is 10.1. The summed E-state index contributed by atoms with van der Waals surface area (Å²) >= 11 is 6.47. The van der Waals surface area contributed by atoms with E-state index in [4.69, 9.17) is 16.3 Å². The summed E-state index contributed by atoms with van der Waals surface area (Å²) in [4.78, 5) is 29.0. The number of nitrogens with zero attached hydrogens (tertiary/aromatic N) is 2. The van der Waals surface area contributed by atoms with E-state index in [0.29, 0.717) is 12.2 Å². The number of carbonyl (C=O) groups excluding carboxylic acids is 2. The van der Waals surface area contributed by atoms with Crippen molar-refractivity contribution in [3.8, 4) is 5.75 Å². The maximum atomic E-state index is 14.1. The Balaban J connectivity index is 2.06. The summed E-state index contributed by atoms with van der Waals surface area (Å²) in [6, 6.07) is 19.1. The van der Waals surface area contributed by atoms with Crippen molar-refractivity contribution in [1.29, 1.82) is 0 Å². The third kappa shape index (κ3) is 8.01. The fourth-order valence-electron chi connectivity index (χ4n) is 4.29. The van der Waals surface area contributed by atoms with Crippen molar-refractivity contribution in [3.63, 3.8) is 0 Å². The van der Waals surface area contributed by atoms with Gasteiger partial charge in [-0.3, -0.25) is 13.9 Å². The molecule has 0 aliphatic carbocycles. The number of rotatable bonds is 13. The molecule has 41 heavy (non-hydrogen) atoms. The fourth-order valence-corrected chi connectivity index (χ4v) is 6.01. The molecule has 3 aromatic carbocycles. The Morgan fingerprint density at radius 1 is 0.951 bits per heavy atom. The molecule has 0 aliphatic heterocycles. The van der Waals surface area contributed by atoms with Crippen LogP contribution in [-0.4, -0.2) is 50.9 Å². The van der Waals surface area contributed by atoms with Crippen molar-refractivity contribution >= 4 is 39.1 Å². The number of halogens is 1. The standard InChI is InChI=1S/C31H38ClN3O5S/c1-6-23(4)33-31(37)28(7-2)34(20-24-14-16-25(40-5)17-15-24)30(36)21-35(29-11-9-8-10-27(29)32)41(38,39)26-18-12-22(3)13-19-26/h8-19,23,28H,6-7,20-21H2,1-5H3,(H,33,37)/t23-,28-/m1/s1. The van der Waals surface area contributed by atoms with Crippen LogP contribution in [0.2, 0.25) is 5.02 Å². The summed E-state index contributed by atoms with van der Waals surface area (Å²) in [6.45, 7) is 7.08. The number of hydrogen-bond acceptors (Lipinski definition) is 5. The molecule has 1 N–H and O–H groups in total. The molecule has 0 aromatic heterocycles. The largest absolute Gasteiger partial charge is 0.497 e. The van der Waals surface area contributed by atoms with Gasteiger partial charge in [0.15, 0.2) is 0 Å². The summed E-state index contributed by atoms with van der Waals surface area (Å²) < 4.78 is 34.2. The van der Waals surface area contributed by atoms with Crippen molar-refractivity contribution in [2.75, 3.05) is 18.0 Å². The number of nitrogens with one attached hydrogen (secondary N) is 1. The highest BCUT2D eigenvalue weighted by atomic mass is 35.5. The highest BCUT2D eigenvalue weighted by Gasteiger charge is 2.34. The first-order chi connectivity index (χ1) is 19.5. The summed E-state index contributed by atoms with van der Waals surface area (Å²) in [7, 11) is -2.63. The van der Waals surface area contributed by atoms with E-state index in [0.717, 1.165) is 21.9 Å². The lowest BCUT2D eigenvalue weighted by Gasteiger charge is -2.34. The number of carbonyl (C=O) groups is 2. The molecule has 220 valence electrons. The second-order valence-corrected chi connectivity index (χ2v) is 12.2. The van der Waals surface area contributed by atoms with E-state index in [2.05, 4.69) is 5.32 Å². The fraction of sp³-hybridized carbons (Fsp3) is 0.355. The quantitative estimate of drug-likeness (QED) is 0.277. The number of benzene rings is 3. The molecule has 0 radical (unpaired) electrons. The Morgan fingerprint density at radius 2 is 1.59 bits per heavy atom. The van der Waals surface area contributed by atoms with Gasteiger partial charge in [-0.2, -0.15) is 0 Å². The minimum Gasteiger partial charge on any atom is -0.497 e. The van der Waals surface area contributed by atoms with E-state index >= 15 is 0 Å². The van der Waals surface area contributed by atoms with Crippen LogP contribution in [0.3, 0.4) is 0 Å². The van der Waals surface area contributed by atoms with E-state index in [9.17, 15) is 18.0 Å². The summed E-state index contributed by atoms with van der Waals surface area (Å²) in [5.41, 5.74) is 1.83. The Labute approximate surface area is 248 Å². The third-order valence-corrected chi connectivity index (χ3v) is 9.00. The molecule has 2 amide bonds. The molecule has 10 heteroatoms. The monoisotopic (exact) mass is 599 g/mol. The number of sulfonamides is 1. The first kappa shape index (κ1) is 32.0. The molecule has 0 saturated heterocycles. The minimum atomic E-state index is -4.20. The van der Waals surface area contributed by atoms with Crippen molar-refractivity contribution < 1.29 is 22.7 Å². The van der Waals surface area contributed by atoms with Crippen LogP contribution in [0.4, 0.5) is 5.69 Å². The van der Waals surface area contributed by atoms with Crippen molar-refractivity contribution in [3.05, 3.63) is 88.9 Å². The third-order valence-electron chi connectivity index (χ3n) is 6.91. The Bertz CT molecular complexity index is 1430. The van der Waals surface area contributed by atoms with Gasteiger partial charge in [-0.25, -0.2) is 8.42 Å². The van der Waals surface area contributed by atoms with E-state index < -0.39 is 28.5 Å². The number of aryl methyl sites for hydroxylation is 1. The van der Waals surface area contributed by atoms with Gasteiger partial charge in [0, 0.05) is 12.6 Å². The number of methoxy groups -OCH3 is 1. The lowest BCUT2D eigenvalue weighted by Crippen LogP contribution is -2.53. The SMILES string of the molecule is CC[C@@H](C)NC(=O)[C@@H](CC)N(Cc1ccc(OC)cc1)C(=O)CN(c1ccccc1Cl)S(=O)(=O)c1ccc(C)cc1. The van der Waals surface area contributed by atoms with Crippen LogP contribution in [-0.2, 0) is 26.2 Å². The lowest BCUT2D eigenvalue weighted by molar-refractivity contribution is -0.140. The molecular formula is C31H38ClN3O5S. The van der Waals surface area contributed by atoms with Gasteiger partial charge in [-0.05, 0) is 68.7 Å². The molecule has 0 aliphatic rings. The number of hydrogen-bond donors (Lipinski definition) is 1. The Kier molecular flexibility index (Phi) is 11.2. The molecule has 8 nitrogen and oxygen atoms in total. The van der Waals surface area contributed by atoms with E-state index in [-0.39, 0.29) is 34.1 Å². The summed E-state index contributed by atoms with van der Waals surface area (Å²) in [6.07, 6.45) is 1.06. The minimum absolute atomic E-state index is 0.0269. The van der Waals surface area contributed by atoms with Crippen LogP contribution in [0.15, 0.2) is 77.7 Å². The molecule has 2 atom stereocenters. The molecule has 0 unspecified atom stereocenters. The van der Waals surface area contributed by atoms with Crippen molar-refractivity contribution in [2.45, 2.75) is 64.1 Å². The predicted octanol–water partition coefficient (Wildman–Crippen LogP) is 5.57. The predicted molar refractivity (Wildman–Crippen MR) is 163 cm³/mol. The molecule has 0 heterocycles. The van der Waals surface area contributed by atoms with Crippen LogP contribution in [0, 0.1) is 6.92 Å². The number of amides is 2. The molecule has 0 spiro atoms. The molecule has 0 fully saturated rings. The number of ether oxygens (including phenoxy) is 1. The van der Waals surface area contributed by atoms with Crippen LogP contribution in [0.25, 0.3) is 0 Å². The maximum Gasteiger partial charge on any atom is 0.264 e. The van der Waals surface area contributed by atoms with Gasteiger partial charge in [-0.1, -0.05) is 67.4 Å². The van der Waals surface area contributed by atoms with Crippen LogP contribution in [0.5, 0.6) is 5.75 Å². The van der Waals surface area contributed by atoms with E-state index in [1.54, 1.807) is 55.6 Å². The molecule has 3 rings (SSSR count). The van der Waals surface area contributed by atoms with Gasteiger partial charge in [-0.15, -0.1) is 0 Å². The summed E-state index contributed by atoms with van der Waals surface area (Å²) in [5, 5.41) is 3.15. The first-order valence-electron chi connectivity index (χ1n) is 13.6. The average molecular weight is 600 g/mol. The second kappa shape index (κ2) is 14.4. The van der Waals surface area contributed by atoms with Gasteiger partial charge in [0.05, 0.1) is 22.7 Å². The van der Waals surface area contributed by atoms with Gasteiger partial charge in [0.2, 0.25) is 11.8 Å². The average Bonchev–Trinajstić information content (AvgIpc) is 2.96. The molecule has 3 aromatic rings. The maximum absolute atomic E-state index is 14.1. The van der Waals surface area contributed by atoms with Gasteiger partial charge < -0.3 is 15.0 Å². The highest BCUT2D eigenvalue weighted by Crippen LogP contribution is 2.31. The molecule has 0 saturated carbocycles. The van der Waals surface area contributed by atoms with Gasteiger partial charge in [0.25, 0.3) is 10.0 Å². The zero-order valence-corrected chi connectivity index (χ0v) is 25.7. The molecular weight excluding hydrogens is 562 g/mol. The zero-order chi connectivity index (χ0) is 30.2. The van der Waals surface area contributed by atoms with E-state index in [1.807, 2.05) is 39.8 Å². The smallest absolute Gasteiger partial charge is 0.264 e. The summed E-state index contributed by atoms with van der Waals surface area (Å²) in [5.74, 6) is -0.181. The number of anilines is 1. The van der Waals surface area contributed by atoms with Gasteiger partial charge >= 0.3 is 0 Å². The van der Waals surface area contributed by atoms with E-state index in [1.165, 1.54) is 17.0 Å².